The van der Waals surface area contributed by atoms with Gasteiger partial charge in [0, 0.05) is 17.0 Å². The molecule has 0 aliphatic heterocycles. The maximum absolute atomic E-state index is 12.8. The fraction of sp³-hybridized carbons (Fsp3) is 0.556. The summed E-state index contributed by atoms with van der Waals surface area (Å²) in [6.07, 6.45) is 5.53. The van der Waals surface area contributed by atoms with E-state index in [2.05, 4.69) is 5.32 Å². The Labute approximate surface area is 146 Å². The lowest BCUT2D eigenvalue weighted by Gasteiger charge is -2.45. The molecule has 2 amide bonds. The maximum Gasteiger partial charge on any atom is 0.252 e. The van der Waals surface area contributed by atoms with Gasteiger partial charge in [0.05, 0.1) is 11.3 Å². The molecule has 2 atom stereocenters. The van der Waals surface area contributed by atoms with Gasteiger partial charge in [0.25, 0.3) is 5.91 Å². The van der Waals surface area contributed by atoms with Gasteiger partial charge in [-0.25, -0.2) is 0 Å². The van der Waals surface area contributed by atoms with Crippen molar-refractivity contribution in [2.24, 2.45) is 23.3 Å². The molecule has 1 aromatic rings. The van der Waals surface area contributed by atoms with E-state index in [9.17, 15) is 9.59 Å². The van der Waals surface area contributed by atoms with Gasteiger partial charge in [-0.1, -0.05) is 18.6 Å². The maximum atomic E-state index is 12.8. The van der Waals surface area contributed by atoms with Gasteiger partial charge < -0.3 is 16.8 Å². The van der Waals surface area contributed by atoms with Crippen LogP contribution in [0, 0.1) is 11.8 Å². The molecule has 0 heterocycles. The molecule has 1 aromatic carbocycles. The minimum absolute atomic E-state index is 0.0556. The van der Waals surface area contributed by atoms with Crippen molar-refractivity contribution >= 4 is 23.6 Å². The number of fused-ring (bicyclic) bond motifs is 2. The summed E-state index contributed by atoms with van der Waals surface area (Å²) in [4.78, 5) is 24.6. The molecule has 0 radical (unpaired) electrons. The van der Waals surface area contributed by atoms with Gasteiger partial charge in [-0.2, -0.15) is 0 Å². The van der Waals surface area contributed by atoms with Gasteiger partial charge in [0.2, 0.25) is 5.91 Å². The molecule has 5 N–H and O–H groups in total. The van der Waals surface area contributed by atoms with Crippen molar-refractivity contribution in [2.45, 2.75) is 49.1 Å². The third-order valence-corrected chi connectivity index (χ3v) is 6.27. The van der Waals surface area contributed by atoms with Crippen LogP contribution >= 0.6 is 11.8 Å². The quantitative estimate of drug-likeness (QED) is 0.709. The molecule has 2 saturated carbocycles. The third kappa shape index (κ3) is 3.92. The first-order valence-electron chi connectivity index (χ1n) is 8.61. The molecule has 2 aliphatic carbocycles. The summed E-state index contributed by atoms with van der Waals surface area (Å²) >= 11 is 1.31. The largest absolute Gasteiger partial charge is 0.369 e. The minimum Gasteiger partial charge on any atom is -0.369 e. The van der Waals surface area contributed by atoms with Crippen LogP contribution in [0.5, 0.6) is 0 Å². The van der Waals surface area contributed by atoms with E-state index in [-0.39, 0.29) is 29.7 Å². The predicted octanol–water partition coefficient (Wildman–Crippen LogP) is 1.90. The van der Waals surface area contributed by atoms with Crippen LogP contribution in [-0.4, -0.2) is 29.7 Å². The van der Waals surface area contributed by atoms with E-state index in [4.69, 9.17) is 11.5 Å². The molecule has 5 nitrogen and oxygen atoms in total. The molecule has 0 aromatic heterocycles. The van der Waals surface area contributed by atoms with Crippen LogP contribution < -0.4 is 16.8 Å². The molecule has 24 heavy (non-hydrogen) atoms. The second-order valence-electron chi connectivity index (χ2n) is 6.93. The van der Waals surface area contributed by atoms with E-state index in [0.29, 0.717) is 17.4 Å². The molecule has 130 valence electrons. The van der Waals surface area contributed by atoms with E-state index < -0.39 is 0 Å². The van der Waals surface area contributed by atoms with Crippen molar-refractivity contribution in [1.82, 2.24) is 5.32 Å². The first kappa shape index (κ1) is 17.3. The Balaban J connectivity index is 1.72. The van der Waals surface area contributed by atoms with E-state index in [1.165, 1.54) is 18.2 Å². The fourth-order valence-electron chi connectivity index (χ4n) is 4.18. The van der Waals surface area contributed by atoms with Crippen molar-refractivity contribution in [2.75, 3.05) is 5.75 Å². The number of carbonyl (C=O) groups is 2. The predicted molar refractivity (Wildman–Crippen MR) is 95.7 cm³/mol. The summed E-state index contributed by atoms with van der Waals surface area (Å²) in [6, 6.07) is 7.88. The lowest BCUT2D eigenvalue weighted by atomic mass is 9.67. The standard InChI is InChI=1S/C18H25N3O2S/c19-13-8-11-4-3-5-12(9-13)17(11)21-18(23)14-6-1-2-7-15(14)24-10-16(20)22/h1-2,6-7,11-13,17H,3-5,8-10,19H2,(H2,20,22)(H,21,23). The van der Waals surface area contributed by atoms with Gasteiger partial charge in [-0.05, 0) is 49.7 Å². The Kier molecular flexibility index (Phi) is 5.46. The van der Waals surface area contributed by atoms with Gasteiger partial charge in [-0.3, -0.25) is 9.59 Å². The fourth-order valence-corrected chi connectivity index (χ4v) is 4.97. The number of hydrogen-bond donors (Lipinski definition) is 3. The van der Waals surface area contributed by atoms with Crippen LogP contribution in [0.4, 0.5) is 0 Å². The summed E-state index contributed by atoms with van der Waals surface area (Å²) in [5.74, 6) is 0.711. The first-order chi connectivity index (χ1) is 11.5. The number of thioether (sulfide) groups is 1. The highest BCUT2D eigenvalue weighted by Gasteiger charge is 2.40. The highest BCUT2D eigenvalue weighted by atomic mass is 32.2. The van der Waals surface area contributed by atoms with Crippen LogP contribution in [0.15, 0.2) is 29.2 Å². The van der Waals surface area contributed by atoms with Crippen LogP contribution in [0.3, 0.4) is 0 Å². The summed E-state index contributed by atoms with van der Waals surface area (Å²) in [6.45, 7) is 0. The van der Waals surface area contributed by atoms with E-state index in [1.807, 2.05) is 24.3 Å². The highest BCUT2D eigenvalue weighted by Crippen LogP contribution is 2.40. The Morgan fingerprint density at radius 3 is 2.50 bits per heavy atom. The van der Waals surface area contributed by atoms with Crippen molar-refractivity contribution in [1.29, 1.82) is 0 Å². The first-order valence-corrected chi connectivity index (χ1v) is 9.59. The zero-order chi connectivity index (χ0) is 17.1. The number of primary amides is 1. The zero-order valence-electron chi connectivity index (χ0n) is 13.7. The van der Waals surface area contributed by atoms with Gasteiger partial charge in [0.1, 0.15) is 0 Å². The molecular formula is C18H25N3O2S. The Bertz CT molecular complexity index is 608. The number of rotatable bonds is 5. The molecule has 6 heteroatoms. The number of hydrogen-bond acceptors (Lipinski definition) is 4. The SMILES string of the molecule is NC(=O)CSc1ccccc1C(=O)NC1C2CCCC1CC(N)C2. The number of carbonyl (C=O) groups excluding carboxylic acids is 2. The monoisotopic (exact) mass is 347 g/mol. The van der Waals surface area contributed by atoms with Crippen LogP contribution in [0.1, 0.15) is 42.5 Å². The van der Waals surface area contributed by atoms with Gasteiger partial charge >= 0.3 is 0 Å². The van der Waals surface area contributed by atoms with Gasteiger partial charge in [-0.15, -0.1) is 11.8 Å². The smallest absolute Gasteiger partial charge is 0.252 e. The van der Waals surface area contributed by atoms with Crippen molar-refractivity contribution in [3.63, 3.8) is 0 Å². The Hall–Kier alpha value is -1.53. The molecule has 2 bridgehead atoms. The van der Waals surface area contributed by atoms with Crippen molar-refractivity contribution in [3.8, 4) is 0 Å². The lowest BCUT2D eigenvalue weighted by molar-refractivity contribution is -0.115. The lowest BCUT2D eigenvalue weighted by Crippen LogP contribution is -2.53. The van der Waals surface area contributed by atoms with Gasteiger partial charge in [0.15, 0.2) is 0 Å². The summed E-state index contributed by atoms with van der Waals surface area (Å²) in [5, 5.41) is 3.26. The Morgan fingerprint density at radius 2 is 1.83 bits per heavy atom. The Morgan fingerprint density at radius 1 is 1.17 bits per heavy atom. The summed E-state index contributed by atoms with van der Waals surface area (Å²) in [7, 11) is 0. The van der Waals surface area contributed by atoms with Crippen molar-refractivity contribution in [3.05, 3.63) is 29.8 Å². The molecular weight excluding hydrogens is 322 g/mol. The molecule has 0 saturated heterocycles. The highest BCUT2D eigenvalue weighted by molar-refractivity contribution is 8.00. The topological polar surface area (TPSA) is 98.2 Å². The number of nitrogens with one attached hydrogen (secondary N) is 1. The van der Waals surface area contributed by atoms with E-state index in [1.54, 1.807) is 0 Å². The molecule has 2 aliphatic rings. The third-order valence-electron chi connectivity index (χ3n) is 5.18. The van der Waals surface area contributed by atoms with E-state index in [0.717, 1.165) is 30.6 Å². The van der Waals surface area contributed by atoms with Crippen LogP contribution in [0.25, 0.3) is 0 Å². The average molecular weight is 347 g/mol. The normalized spacial score (nSPS) is 29.0. The second kappa shape index (κ2) is 7.57. The molecule has 2 fully saturated rings. The van der Waals surface area contributed by atoms with E-state index >= 15 is 0 Å². The van der Waals surface area contributed by atoms with Crippen molar-refractivity contribution < 1.29 is 9.59 Å². The number of benzene rings is 1. The average Bonchev–Trinajstić information content (AvgIpc) is 2.54. The molecule has 0 spiro atoms. The minimum atomic E-state index is -0.383. The second-order valence-corrected chi connectivity index (χ2v) is 7.95. The number of nitrogens with two attached hydrogens (primary N) is 2. The number of amides is 2. The zero-order valence-corrected chi connectivity index (χ0v) is 14.6. The molecule has 3 rings (SSSR count). The van der Waals surface area contributed by atoms with Crippen LogP contribution in [-0.2, 0) is 4.79 Å². The van der Waals surface area contributed by atoms with Crippen LogP contribution in [0.2, 0.25) is 0 Å². The summed E-state index contributed by atoms with van der Waals surface area (Å²) < 4.78 is 0. The molecule has 2 unspecified atom stereocenters. The summed E-state index contributed by atoms with van der Waals surface area (Å²) in [5.41, 5.74) is 12.0.